The summed E-state index contributed by atoms with van der Waals surface area (Å²) in [5.74, 6) is -0.257. The Bertz CT molecular complexity index is 428. The Hall–Kier alpha value is -1.00. The minimum absolute atomic E-state index is 0.235. The summed E-state index contributed by atoms with van der Waals surface area (Å²) < 4.78 is 13.2. The maximum absolute atomic E-state index is 13.2. The van der Waals surface area contributed by atoms with Crippen molar-refractivity contribution in [3.63, 3.8) is 0 Å². The quantitative estimate of drug-likeness (QED) is 0.890. The number of rotatable bonds is 2. The van der Waals surface area contributed by atoms with Crippen molar-refractivity contribution < 1.29 is 4.39 Å². The summed E-state index contributed by atoms with van der Waals surface area (Å²) in [6, 6.07) is 2.50. The molecule has 1 aromatic heterocycles. The van der Waals surface area contributed by atoms with Gasteiger partial charge in [0.05, 0.1) is 6.20 Å². The third-order valence-corrected chi connectivity index (χ3v) is 3.89. The maximum atomic E-state index is 13.2. The molecule has 1 aromatic rings. The molecule has 19 heavy (non-hydrogen) atoms. The van der Waals surface area contributed by atoms with Crippen molar-refractivity contribution in [2.45, 2.75) is 46.3 Å². The molecule has 4 heteroatoms. The molecule has 2 rings (SSSR count). The summed E-state index contributed by atoms with van der Waals surface area (Å²) >= 11 is 0. The molecule has 1 saturated heterocycles. The van der Waals surface area contributed by atoms with Crippen molar-refractivity contribution in [1.29, 1.82) is 0 Å². The molecule has 0 aromatic carbocycles. The molecule has 1 aliphatic rings. The van der Waals surface area contributed by atoms with Crippen LogP contribution in [-0.4, -0.2) is 35.1 Å². The van der Waals surface area contributed by atoms with E-state index in [1.165, 1.54) is 6.20 Å². The number of hydrogen-bond donors (Lipinski definition) is 1. The highest BCUT2D eigenvalue weighted by Crippen LogP contribution is 2.24. The molecule has 1 aliphatic heterocycles. The second kappa shape index (κ2) is 5.55. The van der Waals surface area contributed by atoms with Crippen LogP contribution in [0.5, 0.6) is 0 Å². The zero-order valence-corrected chi connectivity index (χ0v) is 12.3. The molecule has 0 saturated carbocycles. The van der Waals surface area contributed by atoms with Gasteiger partial charge in [0.1, 0.15) is 5.82 Å². The number of piperazine rings is 1. The highest BCUT2D eigenvalue weighted by Gasteiger charge is 2.32. The molecule has 1 fully saturated rings. The number of hydrogen-bond acceptors (Lipinski definition) is 3. The minimum Gasteiger partial charge on any atom is -0.311 e. The van der Waals surface area contributed by atoms with Crippen molar-refractivity contribution in [3.8, 4) is 0 Å². The maximum Gasteiger partial charge on any atom is 0.141 e. The van der Waals surface area contributed by atoms with Crippen LogP contribution in [0.25, 0.3) is 0 Å². The molecule has 1 N–H and O–H groups in total. The number of aromatic nitrogens is 1. The van der Waals surface area contributed by atoms with Crippen LogP contribution in [-0.2, 0) is 6.54 Å². The minimum atomic E-state index is -0.257. The number of pyridine rings is 1. The average Bonchev–Trinajstić information content (AvgIpc) is 2.30. The summed E-state index contributed by atoms with van der Waals surface area (Å²) in [5, 5.41) is 3.60. The predicted octanol–water partition coefficient (Wildman–Crippen LogP) is 2.43. The first-order valence-corrected chi connectivity index (χ1v) is 6.93. The highest BCUT2D eigenvalue weighted by molar-refractivity contribution is 5.10. The van der Waals surface area contributed by atoms with Crippen LogP contribution >= 0.6 is 0 Å². The lowest BCUT2D eigenvalue weighted by Gasteiger charge is -2.44. The fourth-order valence-corrected chi connectivity index (χ4v) is 2.50. The Morgan fingerprint density at radius 1 is 1.42 bits per heavy atom. The van der Waals surface area contributed by atoms with Crippen LogP contribution in [0.3, 0.4) is 0 Å². The van der Waals surface area contributed by atoms with E-state index in [1.807, 2.05) is 0 Å². The van der Waals surface area contributed by atoms with Crippen molar-refractivity contribution >= 4 is 0 Å². The van der Waals surface area contributed by atoms with Gasteiger partial charge in [-0.3, -0.25) is 9.88 Å². The molecule has 2 heterocycles. The Morgan fingerprint density at radius 3 is 2.79 bits per heavy atom. The van der Waals surface area contributed by atoms with E-state index in [2.05, 4.69) is 42.9 Å². The Balaban J connectivity index is 2.05. The fraction of sp³-hybridized carbons (Fsp3) is 0.667. The van der Waals surface area contributed by atoms with Crippen LogP contribution < -0.4 is 5.32 Å². The monoisotopic (exact) mass is 265 g/mol. The second-order valence-electron chi connectivity index (χ2n) is 6.62. The second-order valence-corrected chi connectivity index (χ2v) is 6.62. The fourth-order valence-electron chi connectivity index (χ4n) is 2.50. The Labute approximate surface area is 115 Å². The van der Waals surface area contributed by atoms with E-state index in [9.17, 15) is 4.39 Å². The van der Waals surface area contributed by atoms with Crippen LogP contribution in [0.2, 0.25) is 0 Å². The van der Waals surface area contributed by atoms with E-state index in [0.717, 1.165) is 25.2 Å². The largest absolute Gasteiger partial charge is 0.311 e. The Morgan fingerprint density at radius 2 is 2.16 bits per heavy atom. The topological polar surface area (TPSA) is 28.2 Å². The lowest BCUT2D eigenvalue weighted by molar-refractivity contribution is 0.0875. The van der Waals surface area contributed by atoms with Gasteiger partial charge in [0.15, 0.2) is 0 Å². The lowest BCUT2D eigenvalue weighted by atomic mass is 9.84. The summed E-state index contributed by atoms with van der Waals surface area (Å²) in [4.78, 5) is 6.33. The van der Waals surface area contributed by atoms with E-state index >= 15 is 0 Å². The van der Waals surface area contributed by atoms with Gasteiger partial charge in [-0.25, -0.2) is 4.39 Å². The molecule has 2 unspecified atom stereocenters. The van der Waals surface area contributed by atoms with Crippen molar-refractivity contribution in [2.24, 2.45) is 5.41 Å². The SMILES string of the molecule is CC1CNC(C(C)(C)C)CN1Cc1cncc(F)c1. The predicted molar refractivity (Wildman–Crippen MR) is 75.3 cm³/mol. The van der Waals surface area contributed by atoms with Gasteiger partial charge in [-0.05, 0) is 24.0 Å². The van der Waals surface area contributed by atoms with Crippen LogP contribution in [0.15, 0.2) is 18.5 Å². The van der Waals surface area contributed by atoms with Gasteiger partial charge in [0.2, 0.25) is 0 Å². The zero-order chi connectivity index (χ0) is 14.0. The molecule has 0 amide bonds. The number of nitrogens with one attached hydrogen (secondary N) is 1. The lowest BCUT2D eigenvalue weighted by Crippen LogP contribution is -2.59. The van der Waals surface area contributed by atoms with Crippen LogP contribution in [0.1, 0.15) is 33.3 Å². The standard InChI is InChI=1S/C15H24FN3/c1-11-6-18-14(15(2,3)4)10-19(11)9-12-5-13(16)8-17-7-12/h5,7-8,11,14,18H,6,9-10H2,1-4H3. The van der Waals surface area contributed by atoms with E-state index in [1.54, 1.807) is 12.3 Å². The average molecular weight is 265 g/mol. The summed E-state index contributed by atoms with van der Waals surface area (Å²) in [6.45, 7) is 11.7. The first-order valence-electron chi connectivity index (χ1n) is 6.93. The van der Waals surface area contributed by atoms with Gasteiger partial charge in [-0.1, -0.05) is 20.8 Å². The van der Waals surface area contributed by atoms with Crippen molar-refractivity contribution in [2.75, 3.05) is 13.1 Å². The summed E-state index contributed by atoms with van der Waals surface area (Å²) in [5.41, 5.74) is 1.18. The molecule has 106 valence electrons. The third kappa shape index (κ3) is 3.74. The molecule has 0 spiro atoms. The smallest absolute Gasteiger partial charge is 0.141 e. The molecule has 0 radical (unpaired) electrons. The van der Waals surface area contributed by atoms with E-state index in [0.29, 0.717) is 12.1 Å². The first kappa shape index (κ1) is 14.4. The molecule has 0 bridgehead atoms. The van der Waals surface area contributed by atoms with E-state index < -0.39 is 0 Å². The first-order chi connectivity index (χ1) is 8.86. The van der Waals surface area contributed by atoms with Gasteiger partial charge < -0.3 is 5.32 Å². The van der Waals surface area contributed by atoms with Gasteiger partial charge in [0.25, 0.3) is 0 Å². The van der Waals surface area contributed by atoms with Crippen LogP contribution in [0, 0.1) is 11.2 Å². The van der Waals surface area contributed by atoms with E-state index in [4.69, 9.17) is 0 Å². The molecular formula is C15H24FN3. The third-order valence-electron chi connectivity index (χ3n) is 3.89. The summed E-state index contributed by atoms with van der Waals surface area (Å²) in [6.07, 6.45) is 3.01. The highest BCUT2D eigenvalue weighted by atomic mass is 19.1. The van der Waals surface area contributed by atoms with Crippen molar-refractivity contribution in [3.05, 3.63) is 29.8 Å². The normalized spacial score (nSPS) is 25.5. The molecule has 2 atom stereocenters. The molecule has 0 aliphatic carbocycles. The van der Waals surface area contributed by atoms with Gasteiger partial charge in [-0.15, -0.1) is 0 Å². The number of halogens is 1. The Kier molecular flexibility index (Phi) is 4.21. The van der Waals surface area contributed by atoms with Crippen molar-refractivity contribution in [1.82, 2.24) is 15.2 Å². The van der Waals surface area contributed by atoms with Gasteiger partial charge >= 0.3 is 0 Å². The molecule has 3 nitrogen and oxygen atoms in total. The van der Waals surface area contributed by atoms with E-state index in [-0.39, 0.29) is 11.2 Å². The van der Waals surface area contributed by atoms with Gasteiger partial charge in [0, 0.05) is 37.9 Å². The number of nitrogens with zero attached hydrogens (tertiary/aromatic N) is 2. The van der Waals surface area contributed by atoms with Gasteiger partial charge in [-0.2, -0.15) is 0 Å². The molecular weight excluding hydrogens is 241 g/mol. The van der Waals surface area contributed by atoms with Crippen LogP contribution in [0.4, 0.5) is 4.39 Å². The zero-order valence-electron chi connectivity index (χ0n) is 12.3. The summed E-state index contributed by atoms with van der Waals surface area (Å²) in [7, 11) is 0.